The fraction of sp³-hybridized carbons (Fsp3) is 0.700. The molecule has 13 heavy (non-hydrogen) atoms. The highest BCUT2D eigenvalue weighted by atomic mass is 79.9. The van der Waals surface area contributed by atoms with Gasteiger partial charge in [0.2, 0.25) is 4.67 Å². The fourth-order valence-electron chi connectivity index (χ4n) is 1.32. The molecule has 0 saturated carbocycles. The molecule has 0 N–H and O–H groups in total. The van der Waals surface area contributed by atoms with Crippen molar-refractivity contribution in [3.8, 4) is 0 Å². The first-order valence-corrected chi connectivity index (χ1v) is 5.48. The molecule has 0 aliphatic heterocycles. The van der Waals surface area contributed by atoms with Crippen molar-refractivity contribution in [2.75, 3.05) is 0 Å². The van der Waals surface area contributed by atoms with E-state index < -0.39 is 0 Å². The summed E-state index contributed by atoms with van der Waals surface area (Å²) in [4.78, 5) is 0. The summed E-state index contributed by atoms with van der Waals surface area (Å²) >= 11 is 3.26. The molecule has 3 heteroatoms. The van der Waals surface area contributed by atoms with Crippen LogP contribution in [-0.2, 0) is 5.41 Å². The third-order valence-electron chi connectivity index (χ3n) is 2.33. The second-order valence-corrected chi connectivity index (χ2v) is 4.79. The van der Waals surface area contributed by atoms with Crippen LogP contribution in [0.5, 0.6) is 0 Å². The molecule has 0 aliphatic rings. The molecule has 74 valence electrons. The SMILES string of the molecule is CCCCC(C)(C)c1cc(Br)on1. The van der Waals surface area contributed by atoms with Crippen molar-refractivity contribution in [1.82, 2.24) is 5.16 Å². The van der Waals surface area contributed by atoms with Crippen LogP contribution in [0.1, 0.15) is 45.7 Å². The molecule has 1 heterocycles. The predicted molar refractivity (Wildman–Crippen MR) is 56.8 cm³/mol. The van der Waals surface area contributed by atoms with Crippen LogP contribution in [0, 0.1) is 0 Å². The lowest BCUT2D eigenvalue weighted by Gasteiger charge is -2.20. The van der Waals surface area contributed by atoms with Gasteiger partial charge >= 0.3 is 0 Å². The molecule has 1 rings (SSSR count). The minimum Gasteiger partial charge on any atom is -0.349 e. The lowest BCUT2D eigenvalue weighted by atomic mass is 9.84. The summed E-state index contributed by atoms with van der Waals surface area (Å²) < 4.78 is 5.71. The van der Waals surface area contributed by atoms with E-state index in [2.05, 4.69) is 41.9 Å². The molecule has 0 amide bonds. The Kier molecular flexibility index (Phi) is 3.54. The van der Waals surface area contributed by atoms with E-state index in [4.69, 9.17) is 4.52 Å². The molecule has 0 radical (unpaired) electrons. The number of nitrogens with zero attached hydrogens (tertiary/aromatic N) is 1. The number of unbranched alkanes of at least 4 members (excludes halogenated alkanes) is 1. The van der Waals surface area contributed by atoms with Crippen LogP contribution in [0.3, 0.4) is 0 Å². The fourth-order valence-corrected chi connectivity index (χ4v) is 1.61. The first-order chi connectivity index (χ1) is 6.06. The van der Waals surface area contributed by atoms with Crippen LogP contribution in [-0.4, -0.2) is 5.16 Å². The molecule has 0 bridgehead atoms. The van der Waals surface area contributed by atoms with Gasteiger partial charge in [0.1, 0.15) is 0 Å². The third kappa shape index (κ3) is 2.83. The second-order valence-electron chi connectivity index (χ2n) is 4.00. The predicted octanol–water partition coefficient (Wildman–Crippen LogP) is 3.90. The van der Waals surface area contributed by atoms with Gasteiger partial charge in [0.05, 0.1) is 5.69 Å². The largest absolute Gasteiger partial charge is 0.349 e. The van der Waals surface area contributed by atoms with Gasteiger partial charge in [-0.3, -0.25) is 0 Å². The maximum atomic E-state index is 5.00. The lowest BCUT2D eigenvalue weighted by Crippen LogP contribution is -2.17. The van der Waals surface area contributed by atoms with E-state index in [1.165, 1.54) is 12.8 Å². The average molecular weight is 246 g/mol. The van der Waals surface area contributed by atoms with E-state index in [1.54, 1.807) is 0 Å². The number of hydrogen-bond donors (Lipinski definition) is 0. The van der Waals surface area contributed by atoms with Crippen LogP contribution in [0.15, 0.2) is 15.3 Å². The van der Waals surface area contributed by atoms with Crippen molar-refractivity contribution in [1.29, 1.82) is 0 Å². The van der Waals surface area contributed by atoms with Crippen LogP contribution < -0.4 is 0 Å². The van der Waals surface area contributed by atoms with Crippen molar-refractivity contribution >= 4 is 15.9 Å². The number of hydrogen-bond acceptors (Lipinski definition) is 2. The van der Waals surface area contributed by atoms with Crippen molar-refractivity contribution in [3.63, 3.8) is 0 Å². The summed E-state index contributed by atoms with van der Waals surface area (Å²) in [6.07, 6.45) is 3.61. The summed E-state index contributed by atoms with van der Waals surface area (Å²) in [5.74, 6) is 0. The molecular weight excluding hydrogens is 230 g/mol. The molecule has 2 nitrogen and oxygen atoms in total. The molecular formula is C10H16BrNO. The van der Waals surface area contributed by atoms with E-state index in [1.807, 2.05) is 6.07 Å². The quantitative estimate of drug-likeness (QED) is 0.805. The first kappa shape index (κ1) is 10.8. The van der Waals surface area contributed by atoms with Gasteiger partial charge in [0.25, 0.3) is 0 Å². The maximum absolute atomic E-state index is 5.00. The average Bonchev–Trinajstić information content (AvgIpc) is 2.49. The van der Waals surface area contributed by atoms with E-state index >= 15 is 0 Å². The molecule has 1 aromatic rings. The summed E-state index contributed by atoms with van der Waals surface area (Å²) in [5, 5.41) is 4.02. The summed E-state index contributed by atoms with van der Waals surface area (Å²) in [6, 6.07) is 1.95. The Morgan fingerprint density at radius 2 is 2.23 bits per heavy atom. The van der Waals surface area contributed by atoms with E-state index in [0.717, 1.165) is 12.1 Å². The third-order valence-corrected chi connectivity index (χ3v) is 2.70. The van der Waals surface area contributed by atoms with Crippen LogP contribution in [0.25, 0.3) is 0 Å². The van der Waals surface area contributed by atoms with Gasteiger partial charge in [-0.1, -0.05) is 38.8 Å². The maximum Gasteiger partial charge on any atom is 0.202 e. The van der Waals surface area contributed by atoms with Crippen molar-refractivity contribution < 1.29 is 4.52 Å². The highest BCUT2D eigenvalue weighted by Crippen LogP contribution is 2.29. The molecule has 0 aromatic carbocycles. The number of aromatic nitrogens is 1. The van der Waals surface area contributed by atoms with Gasteiger partial charge in [0, 0.05) is 11.5 Å². The molecule has 0 spiro atoms. The monoisotopic (exact) mass is 245 g/mol. The molecule has 0 atom stereocenters. The molecule has 0 fully saturated rings. The minimum absolute atomic E-state index is 0.130. The summed E-state index contributed by atoms with van der Waals surface area (Å²) in [5.41, 5.74) is 1.17. The van der Waals surface area contributed by atoms with Crippen molar-refractivity contribution in [2.45, 2.75) is 45.4 Å². The lowest BCUT2D eigenvalue weighted by molar-refractivity contribution is 0.360. The number of halogens is 1. The van der Waals surface area contributed by atoms with Gasteiger partial charge in [-0.15, -0.1) is 0 Å². The zero-order valence-corrected chi connectivity index (χ0v) is 10.0. The molecule has 0 saturated heterocycles. The Labute approximate surface area is 87.8 Å². The Morgan fingerprint density at radius 1 is 1.54 bits per heavy atom. The van der Waals surface area contributed by atoms with Gasteiger partial charge in [-0.25, -0.2) is 0 Å². The molecule has 0 unspecified atom stereocenters. The normalized spacial score (nSPS) is 12.0. The van der Waals surface area contributed by atoms with E-state index in [0.29, 0.717) is 4.67 Å². The minimum atomic E-state index is 0.130. The Bertz CT molecular complexity index is 268. The second kappa shape index (κ2) is 4.27. The summed E-state index contributed by atoms with van der Waals surface area (Å²) in [6.45, 7) is 6.61. The van der Waals surface area contributed by atoms with Crippen molar-refractivity contribution in [3.05, 3.63) is 16.4 Å². The van der Waals surface area contributed by atoms with Crippen LogP contribution in [0.2, 0.25) is 0 Å². The standard InChI is InChI=1S/C10H16BrNO/c1-4-5-6-10(2,3)8-7-9(11)13-12-8/h7H,4-6H2,1-3H3. The van der Waals surface area contributed by atoms with Gasteiger partial charge < -0.3 is 4.52 Å². The number of rotatable bonds is 4. The molecule has 0 aliphatic carbocycles. The van der Waals surface area contributed by atoms with E-state index in [-0.39, 0.29) is 5.41 Å². The van der Waals surface area contributed by atoms with Crippen LogP contribution >= 0.6 is 15.9 Å². The molecule has 1 aromatic heterocycles. The van der Waals surface area contributed by atoms with Gasteiger partial charge in [-0.2, -0.15) is 0 Å². The smallest absolute Gasteiger partial charge is 0.202 e. The van der Waals surface area contributed by atoms with E-state index in [9.17, 15) is 0 Å². The summed E-state index contributed by atoms with van der Waals surface area (Å²) in [7, 11) is 0. The van der Waals surface area contributed by atoms with Crippen molar-refractivity contribution in [2.24, 2.45) is 0 Å². The Balaban J connectivity index is 2.68. The highest BCUT2D eigenvalue weighted by molar-refractivity contribution is 9.10. The van der Waals surface area contributed by atoms with Gasteiger partial charge in [-0.05, 0) is 22.4 Å². The first-order valence-electron chi connectivity index (χ1n) is 4.69. The zero-order valence-electron chi connectivity index (χ0n) is 8.43. The topological polar surface area (TPSA) is 26.0 Å². The Hall–Kier alpha value is -0.310. The Morgan fingerprint density at radius 3 is 2.69 bits per heavy atom. The van der Waals surface area contributed by atoms with Gasteiger partial charge in [0.15, 0.2) is 0 Å². The highest BCUT2D eigenvalue weighted by Gasteiger charge is 2.23. The zero-order chi connectivity index (χ0) is 9.90. The van der Waals surface area contributed by atoms with Crippen LogP contribution in [0.4, 0.5) is 0 Å².